The van der Waals surface area contributed by atoms with Crippen LogP contribution in [0.25, 0.3) is 0 Å². The molecule has 3 nitrogen and oxygen atoms in total. The summed E-state index contributed by atoms with van der Waals surface area (Å²) in [5, 5.41) is 0. The first-order valence-corrected chi connectivity index (χ1v) is 6.32. The van der Waals surface area contributed by atoms with Gasteiger partial charge < -0.3 is 0 Å². The number of benzene rings is 1. The van der Waals surface area contributed by atoms with Crippen molar-refractivity contribution in [3.8, 4) is 0 Å². The zero-order valence-corrected chi connectivity index (χ0v) is 8.93. The highest BCUT2D eigenvalue weighted by Crippen LogP contribution is 2.28. The Labute approximate surface area is 88.4 Å². The quantitative estimate of drug-likeness (QED) is 0.850. The summed E-state index contributed by atoms with van der Waals surface area (Å²) < 4.78 is 38.9. The van der Waals surface area contributed by atoms with Gasteiger partial charge in [0.1, 0.15) is 10.7 Å². The Hall–Kier alpha value is -0.940. The SMILES string of the molecule is O=S(=O)(NCC1CC1)c1ccccc1F. The van der Waals surface area contributed by atoms with Crippen LogP contribution in [-0.4, -0.2) is 15.0 Å². The van der Waals surface area contributed by atoms with Crippen molar-refractivity contribution in [2.75, 3.05) is 6.54 Å². The van der Waals surface area contributed by atoms with E-state index in [0.29, 0.717) is 12.5 Å². The molecule has 1 N–H and O–H groups in total. The first-order valence-electron chi connectivity index (χ1n) is 4.84. The molecule has 1 aliphatic carbocycles. The van der Waals surface area contributed by atoms with Gasteiger partial charge in [-0.05, 0) is 30.9 Å². The molecule has 1 saturated carbocycles. The molecule has 0 aromatic heterocycles. The summed E-state index contributed by atoms with van der Waals surface area (Å²) in [5.74, 6) is -0.271. The maximum absolute atomic E-state index is 13.2. The van der Waals surface area contributed by atoms with Gasteiger partial charge in [-0.15, -0.1) is 0 Å². The van der Waals surface area contributed by atoms with Crippen LogP contribution in [0.3, 0.4) is 0 Å². The molecule has 0 unspecified atom stereocenters. The van der Waals surface area contributed by atoms with Crippen molar-refractivity contribution < 1.29 is 12.8 Å². The Morgan fingerprint density at radius 3 is 2.60 bits per heavy atom. The Balaban J connectivity index is 2.16. The molecule has 1 aromatic carbocycles. The topological polar surface area (TPSA) is 46.2 Å². The van der Waals surface area contributed by atoms with Crippen LogP contribution in [0.15, 0.2) is 29.2 Å². The van der Waals surface area contributed by atoms with E-state index in [0.717, 1.165) is 18.9 Å². The van der Waals surface area contributed by atoms with Crippen molar-refractivity contribution in [2.45, 2.75) is 17.7 Å². The van der Waals surface area contributed by atoms with Gasteiger partial charge in [0.2, 0.25) is 10.0 Å². The Kier molecular flexibility index (Phi) is 2.75. The van der Waals surface area contributed by atoms with E-state index in [9.17, 15) is 12.8 Å². The van der Waals surface area contributed by atoms with E-state index >= 15 is 0 Å². The fourth-order valence-corrected chi connectivity index (χ4v) is 2.48. The van der Waals surface area contributed by atoms with Gasteiger partial charge in [0.15, 0.2) is 0 Å². The monoisotopic (exact) mass is 229 g/mol. The molecular weight excluding hydrogens is 217 g/mol. The second-order valence-electron chi connectivity index (χ2n) is 3.73. The molecule has 1 aromatic rings. The lowest BCUT2D eigenvalue weighted by molar-refractivity contribution is 0.554. The number of hydrogen-bond acceptors (Lipinski definition) is 2. The van der Waals surface area contributed by atoms with Crippen LogP contribution < -0.4 is 4.72 Å². The van der Waals surface area contributed by atoms with Crippen LogP contribution in [0, 0.1) is 11.7 Å². The third kappa shape index (κ3) is 2.54. The smallest absolute Gasteiger partial charge is 0.211 e. The summed E-state index contributed by atoms with van der Waals surface area (Å²) in [6.45, 7) is 0.413. The van der Waals surface area contributed by atoms with Gasteiger partial charge in [-0.2, -0.15) is 0 Å². The number of halogens is 1. The summed E-state index contributed by atoms with van der Waals surface area (Å²) in [7, 11) is -3.67. The van der Waals surface area contributed by atoms with Gasteiger partial charge in [0.05, 0.1) is 0 Å². The fraction of sp³-hybridized carbons (Fsp3) is 0.400. The normalized spacial score (nSPS) is 16.6. The molecule has 1 aliphatic rings. The Morgan fingerprint density at radius 1 is 1.33 bits per heavy atom. The summed E-state index contributed by atoms with van der Waals surface area (Å²) in [6, 6.07) is 5.39. The predicted octanol–water partition coefficient (Wildman–Crippen LogP) is 1.51. The zero-order chi connectivity index (χ0) is 10.9. The highest BCUT2D eigenvalue weighted by atomic mass is 32.2. The summed E-state index contributed by atoms with van der Waals surface area (Å²) in [5.41, 5.74) is 0. The summed E-state index contributed by atoms with van der Waals surface area (Å²) in [6.07, 6.45) is 2.11. The van der Waals surface area contributed by atoms with E-state index in [1.807, 2.05) is 0 Å². The third-order valence-electron chi connectivity index (χ3n) is 2.39. The molecule has 0 atom stereocenters. The number of sulfonamides is 1. The molecule has 0 bridgehead atoms. The second kappa shape index (κ2) is 3.90. The first kappa shape index (κ1) is 10.6. The lowest BCUT2D eigenvalue weighted by Gasteiger charge is -2.06. The van der Waals surface area contributed by atoms with Crippen molar-refractivity contribution in [3.63, 3.8) is 0 Å². The highest BCUT2D eigenvalue weighted by Gasteiger charge is 2.25. The van der Waals surface area contributed by atoms with Crippen LogP contribution in [-0.2, 0) is 10.0 Å². The van der Waals surface area contributed by atoms with Crippen molar-refractivity contribution in [1.29, 1.82) is 0 Å². The van der Waals surface area contributed by atoms with Crippen molar-refractivity contribution in [2.24, 2.45) is 5.92 Å². The van der Waals surface area contributed by atoms with Crippen LogP contribution >= 0.6 is 0 Å². The number of nitrogens with one attached hydrogen (secondary N) is 1. The minimum Gasteiger partial charge on any atom is -0.211 e. The largest absolute Gasteiger partial charge is 0.243 e. The van der Waals surface area contributed by atoms with Gasteiger partial charge in [-0.3, -0.25) is 0 Å². The molecule has 15 heavy (non-hydrogen) atoms. The standard InChI is InChI=1S/C10H12FNO2S/c11-9-3-1-2-4-10(9)15(13,14)12-7-8-5-6-8/h1-4,8,12H,5-7H2. The molecule has 0 radical (unpaired) electrons. The van der Waals surface area contributed by atoms with Crippen molar-refractivity contribution >= 4 is 10.0 Å². The van der Waals surface area contributed by atoms with E-state index < -0.39 is 15.8 Å². The molecule has 2 rings (SSSR count). The number of rotatable bonds is 4. The highest BCUT2D eigenvalue weighted by molar-refractivity contribution is 7.89. The Morgan fingerprint density at radius 2 is 2.00 bits per heavy atom. The first-order chi connectivity index (χ1) is 7.09. The summed E-state index contributed by atoms with van der Waals surface area (Å²) in [4.78, 5) is -0.273. The van der Waals surface area contributed by atoms with E-state index in [-0.39, 0.29) is 4.90 Å². The van der Waals surface area contributed by atoms with Gasteiger partial charge in [0, 0.05) is 6.54 Å². The molecular formula is C10H12FNO2S. The van der Waals surface area contributed by atoms with Crippen LogP contribution in [0.1, 0.15) is 12.8 Å². The van der Waals surface area contributed by atoms with Crippen molar-refractivity contribution in [3.05, 3.63) is 30.1 Å². The summed E-state index contributed by atoms with van der Waals surface area (Å²) >= 11 is 0. The molecule has 0 amide bonds. The molecule has 0 spiro atoms. The average Bonchev–Trinajstić information content (AvgIpc) is 2.99. The average molecular weight is 229 g/mol. The van der Waals surface area contributed by atoms with Gasteiger partial charge in [-0.1, -0.05) is 12.1 Å². The van der Waals surface area contributed by atoms with Crippen LogP contribution in [0.4, 0.5) is 4.39 Å². The molecule has 0 heterocycles. The van der Waals surface area contributed by atoms with Crippen LogP contribution in [0.2, 0.25) is 0 Å². The number of hydrogen-bond donors (Lipinski definition) is 1. The third-order valence-corrected chi connectivity index (χ3v) is 3.84. The second-order valence-corrected chi connectivity index (χ2v) is 5.46. The molecule has 0 aliphatic heterocycles. The lowest BCUT2D eigenvalue weighted by Crippen LogP contribution is -2.26. The van der Waals surface area contributed by atoms with E-state index in [2.05, 4.69) is 4.72 Å². The molecule has 0 saturated heterocycles. The lowest BCUT2D eigenvalue weighted by atomic mass is 10.4. The fourth-order valence-electron chi connectivity index (χ4n) is 1.29. The zero-order valence-electron chi connectivity index (χ0n) is 8.11. The molecule has 5 heteroatoms. The molecule has 82 valence electrons. The minimum atomic E-state index is -3.67. The van der Waals surface area contributed by atoms with Gasteiger partial charge in [-0.25, -0.2) is 17.5 Å². The van der Waals surface area contributed by atoms with E-state index in [1.54, 1.807) is 0 Å². The van der Waals surface area contributed by atoms with Crippen molar-refractivity contribution in [1.82, 2.24) is 4.72 Å². The Bertz CT molecular complexity index is 454. The maximum Gasteiger partial charge on any atom is 0.243 e. The molecule has 1 fully saturated rings. The van der Waals surface area contributed by atoms with E-state index in [4.69, 9.17) is 0 Å². The minimum absolute atomic E-state index is 0.273. The maximum atomic E-state index is 13.2. The predicted molar refractivity (Wildman–Crippen MR) is 54.3 cm³/mol. The van der Waals surface area contributed by atoms with Gasteiger partial charge in [0.25, 0.3) is 0 Å². The van der Waals surface area contributed by atoms with Crippen LogP contribution in [0.5, 0.6) is 0 Å². The van der Waals surface area contributed by atoms with Gasteiger partial charge >= 0.3 is 0 Å². The van der Waals surface area contributed by atoms with E-state index in [1.165, 1.54) is 18.2 Å².